The molecule has 1 amide bonds. The largest absolute Gasteiger partial charge is 0.344 e. The number of hydrogen-bond donors (Lipinski definition) is 0. The van der Waals surface area contributed by atoms with Gasteiger partial charge in [0.05, 0.1) is 17.4 Å². The molecule has 2 rings (SSSR count). The van der Waals surface area contributed by atoms with E-state index >= 15 is 0 Å². The molecule has 1 aromatic heterocycles. The van der Waals surface area contributed by atoms with Gasteiger partial charge in [0.15, 0.2) is 0 Å². The summed E-state index contributed by atoms with van der Waals surface area (Å²) >= 11 is 5.78. The van der Waals surface area contributed by atoms with Crippen LogP contribution in [0.5, 0.6) is 0 Å². The van der Waals surface area contributed by atoms with Crippen molar-refractivity contribution in [3.05, 3.63) is 52.8 Å². The Morgan fingerprint density at radius 2 is 2.16 bits per heavy atom. The number of hydrogen-bond acceptors (Lipinski definition) is 2. The molecule has 4 nitrogen and oxygen atoms in total. The minimum Gasteiger partial charge on any atom is -0.319 e. The predicted molar refractivity (Wildman–Crippen MR) is 75.3 cm³/mol. The molecule has 0 aliphatic rings. The van der Waals surface area contributed by atoms with Crippen molar-refractivity contribution in [2.75, 3.05) is 6.54 Å². The van der Waals surface area contributed by atoms with Crippen LogP contribution in [0.4, 0.5) is 4.79 Å². The number of aryl methyl sites for hydroxylation is 1. The number of rotatable bonds is 3. The minimum atomic E-state index is -0.169. The highest BCUT2D eigenvalue weighted by Crippen LogP contribution is 2.12. The first-order valence-electron chi connectivity index (χ1n) is 6.15. The normalized spacial score (nSPS) is 10.5. The summed E-state index contributed by atoms with van der Waals surface area (Å²) in [7, 11) is 0. The third-order valence-electron chi connectivity index (χ3n) is 3.02. The molecule has 0 aliphatic heterocycles. The van der Waals surface area contributed by atoms with Crippen LogP contribution >= 0.6 is 11.6 Å². The maximum absolute atomic E-state index is 12.3. The Balaban J connectivity index is 2.17. The summed E-state index contributed by atoms with van der Waals surface area (Å²) in [5.74, 6) is 0. The summed E-state index contributed by atoms with van der Waals surface area (Å²) in [5.41, 5.74) is 2.31. The number of benzene rings is 1. The molecule has 0 unspecified atom stereocenters. The minimum absolute atomic E-state index is 0.169. The van der Waals surface area contributed by atoms with Crippen LogP contribution < -0.4 is 0 Å². The van der Waals surface area contributed by atoms with Crippen molar-refractivity contribution < 1.29 is 4.79 Å². The lowest BCUT2D eigenvalue weighted by molar-refractivity contribution is 0.196. The van der Waals surface area contributed by atoms with Crippen molar-refractivity contribution in [2.45, 2.75) is 20.4 Å². The van der Waals surface area contributed by atoms with Crippen molar-refractivity contribution in [3.63, 3.8) is 0 Å². The topological polar surface area (TPSA) is 38.1 Å². The maximum Gasteiger partial charge on any atom is 0.344 e. The highest BCUT2D eigenvalue weighted by Gasteiger charge is 2.15. The van der Waals surface area contributed by atoms with Crippen molar-refractivity contribution in [1.29, 1.82) is 0 Å². The van der Waals surface area contributed by atoms with Crippen molar-refractivity contribution in [1.82, 2.24) is 14.7 Å². The molecule has 1 aromatic carbocycles. The SMILES string of the molecule is CCN(Cc1ccccc1C)C(=O)n1cc(Cl)cn1. The summed E-state index contributed by atoms with van der Waals surface area (Å²) in [6, 6.07) is 7.87. The van der Waals surface area contributed by atoms with E-state index in [9.17, 15) is 4.79 Å². The molecular formula is C14H16ClN3O. The fourth-order valence-electron chi connectivity index (χ4n) is 1.86. The third kappa shape index (κ3) is 3.15. The highest BCUT2D eigenvalue weighted by atomic mass is 35.5. The first-order valence-corrected chi connectivity index (χ1v) is 6.53. The molecule has 0 spiro atoms. The van der Waals surface area contributed by atoms with Gasteiger partial charge in [-0.15, -0.1) is 0 Å². The lowest BCUT2D eigenvalue weighted by Crippen LogP contribution is -2.34. The average Bonchev–Trinajstić information content (AvgIpc) is 2.84. The zero-order valence-corrected chi connectivity index (χ0v) is 11.8. The van der Waals surface area contributed by atoms with Gasteiger partial charge >= 0.3 is 6.03 Å². The first-order chi connectivity index (χ1) is 9.11. The summed E-state index contributed by atoms with van der Waals surface area (Å²) in [5, 5.41) is 4.40. The van der Waals surface area contributed by atoms with Gasteiger partial charge in [0.1, 0.15) is 0 Å². The van der Waals surface area contributed by atoms with E-state index in [1.165, 1.54) is 22.6 Å². The molecule has 0 radical (unpaired) electrons. The Bertz CT molecular complexity index is 580. The van der Waals surface area contributed by atoms with Crippen LogP contribution in [0.15, 0.2) is 36.7 Å². The molecule has 0 bridgehead atoms. The molecule has 0 fully saturated rings. The standard InChI is InChI=1S/C14H16ClN3O/c1-3-17(9-12-7-5-4-6-11(12)2)14(19)18-10-13(15)8-16-18/h4-8,10H,3,9H2,1-2H3. The molecular weight excluding hydrogens is 262 g/mol. The zero-order valence-electron chi connectivity index (χ0n) is 11.0. The average molecular weight is 278 g/mol. The number of amides is 1. The van der Waals surface area contributed by atoms with Gasteiger partial charge in [0.2, 0.25) is 0 Å². The Labute approximate surface area is 117 Å². The molecule has 0 saturated heterocycles. The Hall–Kier alpha value is -1.81. The van der Waals surface area contributed by atoms with Crippen LogP contribution in [0.1, 0.15) is 18.1 Å². The van der Waals surface area contributed by atoms with Gasteiger partial charge in [0, 0.05) is 13.1 Å². The fourth-order valence-corrected chi connectivity index (χ4v) is 1.99. The van der Waals surface area contributed by atoms with E-state index in [1.807, 2.05) is 38.1 Å². The van der Waals surface area contributed by atoms with Gasteiger partial charge in [-0.05, 0) is 25.0 Å². The van der Waals surface area contributed by atoms with E-state index < -0.39 is 0 Å². The van der Waals surface area contributed by atoms with Gasteiger partial charge in [0.25, 0.3) is 0 Å². The van der Waals surface area contributed by atoms with E-state index in [-0.39, 0.29) is 6.03 Å². The molecule has 19 heavy (non-hydrogen) atoms. The quantitative estimate of drug-likeness (QED) is 0.863. The van der Waals surface area contributed by atoms with Crippen LogP contribution in [0.3, 0.4) is 0 Å². The van der Waals surface area contributed by atoms with Crippen LogP contribution in [-0.4, -0.2) is 27.3 Å². The summed E-state index contributed by atoms with van der Waals surface area (Å²) < 4.78 is 1.27. The van der Waals surface area contributed by atoms with Crippen LogP contribution in [0, 0.1) is 6.92 Å². The first kappa shape index (κ1) is 13.6. The number of carbonyl (C=O) groups is 1. The zero-order chi connectivity index (χ0) is 13.8. The van der Waals surface area contributed by atoms with Gasteiger partial charge in [-0.25, -0.2) is 4.79 Å². The molecule has 1 heterocycles. The summed E-state index contributed by atoms with van der Waals surface area (Å²) in [6.45, 7) is 5.17. The van der Waals surface area contributed by atoms with Gasteiger partial charge in [-0.2, -0.15) is 9.78 Å². The summed E-state index contributed by atoms with van der Waals surface area (Å²) in [6.07, 6.45) is 2.98. The Kier molecular flexibility index (Phi) is 4.22. The third-order valence-corrected chi connectivity index (χ3v) is 3.22. The molecule has 0 saturated carbocycles. The monoisotopic (exact) mass is 277 g/mol. The maximum atomic E-state index is 12.3. The van der Waals surface area contributed by atoms with Gasteiger partial charge in [-0.3, -0.25) is 0 Å². The van der Waals surface area contributed by atoms with Crippen molar-refractivity contribution in [3.8, 4) is 0 Å². The molecule has 0 aliphatic carbocycles. The lowest BCUT2D eigenvalue weighted by atomic mass is 10.1. The molecule has 100 valence electrons. The van der Waals surface area contributed by atoms with E-state index in [2.05, 4.69) is 5.10 Å². The molecule has 2 aromatic rings. The van der Waals surface area contributed by atoms with Crippen molar-refractivity contribution >= 4 is 17.6 Å². The highest BCUT2D eigenvalue weighted by molar-refractivity contribution is 6.30. The fraction of sp³-hybridized carbons (Fsp3) is 0.286. The van der Waals surface area contributed by atoms with E-state index in [1.54, 1.807) is 4.90 Å². The lowest BCUT2D eigenvalue weighted by Gasteiger charge is -2.21. The number of halogens is 1. The van der Waals surface area contributed by atoms with E-state index in [0.717, 1.165) is 5.56 Å². The Morgan fingerprint density at radius 1 is 1.42 bits per heavy atom. The van der Waals surface area contributed by atoms with Gasteiger partial charge < -0.3 is 4.90 Å². The number of nitrogens with zero attached hydrogens (tertiary/aromatic N) is 3. The smallest absolute Gasteiger partial charge is 0.319 e. The van der Waals surface area contributed by atoms with E-state index in [0.29, 0.717) is 18.1 Å². The van der Waals surface area contributed by atoms with Gasteiger partial charge in [-0.1, -0.05) is 35.9 Å². The molecule has 5 heteroatoms. The predicted octanol–water partition coefficient (Wildman–Crippen LogP) is 3.34. The van der Waals surface area contributed by atoms with Crippen LogP contribution in [0.25, 0.3) is 0 Å². The van der Waals surface area contributed by atoms with Crippen LogP contribution in [0.2, 0.25) is 5.02 Å². The number of carbonyl (C=O) groups excluding carboxylic acids is 1. The second-order valence-corrected chi connectivity index (χ2v) is 4.76. The number of aromatic nitrogens is 2. The molecule has 0 N–H and O–H groups in total. The van der Waals surface area contributed by atoms with Crippen LogP contribution in [-0.2, 0) is 6.54 Å². The summed E-state index contributed by atoms with van der Waals surface area (Å²) in [4.78, 5) is 14.0. The Morgan fingerprint density at radius 3 is 2.74 bits per heavy atom. The second-order valence-electron chi connectivity index (χ2n) is 4.33. The van der Waals surface area contributed by atoms with Crippen molar-refractivity contribution in [2.24, 2.45) is 0 Å². The second kappa shape index (κ2) is 5.89. The molecule has 0 atom stereocenters. The van der Waals surface area contributed by atoms with E-state index in [4.69, 9.17) is 11.6 Å².